The molecule has 0 spiro atoms. The molecule has 0 heterocycles. The maximum Gasteiger partial charge on any atom is 0.306 e. The van der Waals surface area contributed by atoms with Gasteiger partial charge in [-0.05, 0) is 6.42 Å². The van der Waals surface area contributed by atoms with E-state index in [1.807, 2.05) is 6.92 Å². The SMILES string of the molecule is CCCCNC(=O)CCNC(=O)CCC(=O)OC. The number of hydrogen-bond acceptors (Lipinski definition) is 4. The molecule has 0 aromatic heterocycles. The lowest BCUT2D eigenvalue weighted by molar-refractivity contribution is -0.142. The molecule has 6 heteroatoms. The van der Waals surface area contributed by atoms with Crippen molar-refractivity contribution in [3.05, 3.63) is 0 Å². The number of esters is 1. The number of hydrogen-bond donors (Lipinski definition) is 2. The van der Waals surface area contributed by atoms with Gasteiger partial charge >= 0.3 is 5.97 Å². The van der Waals surface area contributed by atoms with Crippen LogP contribution in [-0.2, 0) is 19.1 Å². The van der Waals surface area contributed by atoms with Crippen LogP contribution < -0.4 is 10.6 Å². The number of carbonyl (C=O) groups is 3. The molecule has 2 N–H and O–H groups in total. The van der Waals surface area contributed by atoms with Gasteiger partial charge in [-0.15, -0.1) is 0 Å². The molecule has 0 saturated heterocycles. The predicted molar refractivity (Wildman–Crippen MR) is 66.8 cm³/mol. The van der Waals surface area contributed by atoms with Crippen molar-refractivity contribution in [2.24, 2.45) is 0 Å². The van der Waals surface area contributed by atoms with E-state index < -0.39 is 5.97 Å². The van der Waals surface area contributed by atoms with Gasteiger partial charge in [-0.25, -0.2) is 0 Å². The van der Waals surface area contributed by atoms with Gasteiger partial charge in [-0.2, -0.15) is 0 Å². The zero-order valence-corrected chi connectivity index (χ0v) is 11.1. The van der Waals surface area contributed by atoms with Gasteiger partial charge in [0.05, 0.1) is 13.5 Å². The first-order valence-electron chi connectivity index (χ1n) is 6.20. The third-order valence-electron chi connectivity index (χ3n) is 2.31. The molecule has 0 rings (SSSR count). The molecule has 0 radical (unpaired) electrons. The molecule has 0 aliphatic heterocycles. The minimum Gasteiger partial charge on any atom is -0.469 e. The maximum atomic E-state index is 11.3. The Kier molecular flexibility index (Phi) is 9.62. The molecule has 0 aliphatic carbocycles. The molecular formula is C12H22N2O4. The third kappa shape index (κ3) is 9.62. The molecule has 0 unspecified atom stereocenters. The Hall–Kier alpha value is -1.59. The Morgan fingerprint density at radius 2 is 1.56 bits per heavy atom. The summed E-state index contributed by atoms with van der Waals surface area (Å²) in [5, 5.41) is 5.33. The minimum atomic E-state index is -0.414. The van der Waals surface area contributed by atoms with Crippen molar-refractivity contribution in [1.29, 1.82) is 0 Å². The van der Waals surface area contributed by atoms with Crippen LogP contribution in [0.5, 0.6) is 0 Å². The Labute approximate surface area is 107 Å². The average molecular weight is 258 g/mol. The fraction of sp³-hybridized carbons (Fsp3) is 0.750. The number of unbranched alkanes of at least 4 members (excludes halogenated alkanes) is 1. The van der Waals surface area contributed by atoms with Gasteiger partial charge in [0.25, 0.3) is 0 Å². The van der Waals surface area contributed by atoms with Crippen molar-refractivity contribution in [2.75, 3.05) is 20.2 Å². The summed E-state index contributed by atoms with van der Waals surface area (Å²) in [6.45, 7) is 3.01. The maximum absolute atomic E-state index is 11.3. The van der Waals surface area contributed by atoms with Crippen LogP contribution in [0.4, 0.5) is 0 Å². The summed E-state index contributed by atoms with van der Waals surface area (Å²) < 4.78 is 4.42. The fourth-order valence-corrected chi connectivity index (χ4v) is 1.21. The van der Waals surface area contributed by atoms with Gasteiger partial charge in [0.1, 0.15) is 0 Å². The molecule has 0 bridgehead atoms. The Bertz CT molecular complexity index is 279. The lowest BCUT2D eigenvalue weighted by Crippen LogP contribution is -2.31. The lowest BCUT2D eigenvalue weighted by atomic mass is 10.3. The van der Waals surface area contributed by atoms with Crippen molar-refractivity contribution in [1.82, 2.24) is 10.6 Å². The molecule has 0 saturated carbocycles. The first kappa shape index (κ1) is 16.4. The number of ether oxygens (including phenoxy) is 1. The van der Waals surface area contributed by atoms with E-state index in [0.717, 1.165) is 12.8 Å². The van der Waals surface area contributed by atoms with Crippen LogP contribution in [0.3, 0.4) is 0 Å². The second kappa shape index (κ2) is 10.6. The van der Waals surface area contributed by atoms with Crippen LogP contribution in [0.25, 0.3) is 0 Å². The molecule has 0 aromatic carbocycles. The molecule has 2 amide bonds. The summed E-state index contributed by atoms with van der Waals surface area (Å²) in [6.07, 6.45) is 2.39. The molecule has 104 valence electrons. The number of methoxy groups -OCH3 is 1. The average Bonchev–Trinajstić information content (AvgIpc) is 2.36. The normalized spacial score (nSPS) is 9.67. The third-order valence-corrected chi connectivity index (χ3v) is 2.31. The van der Waals surface area contributed by atoms with Gasteiger partial charge in [-0.1, -0.05) is 13.3 Å². The van der Waals surface area contributed by atoms with Gasteiger partial charge in [-0.3, -0.25) is 14.4 Å². The molecule has 0 atom stereocenters. The number of rotatable bonds is 9. The highest BCUT2D eigenvalue weighted by Gasteiger charge is 2.07. The topological polar surface area (TPSA) is 84.5 Å². The smallest absolute Gasteiger partial charge is 0.306 e. The van der Waals surface area contributed by atoms with E-state index in [0.29, 0.717) is 6.54 Å². The largest absolute Gasteiger partial charge is 0.469 e. The van der Waals surface area contributed by atoms with Crippen LogP contribution in [0.2, 0.25) is 0 Å². The van der Waals surface area contributed by atoms with Crippen LogP contribution >= 0.6 is 0 Å². The van der Waals surface area contributed by atoms with Crippen molar-refractivity contribution >= 4 is 17.8 Å². The first-order chi connectivity index (χ1) is 8.60. The molecule has 0 aromatic rings. The summed E-state index contributed by atoms with van der Waals surface area (Å²) >= 11 is 0. The summed E-state index contributed by atoms with van der Waals surface area (Å²) in [5.74, 6) is -0.735. The Morgan fingerprint density at radius 1 is 0.944 bits per heavy atom. The minimum absolute atomic E-state index is 0.0605. The van der Waals surface area contributed by atoms with Crippen LogP contribution in [0, 0.1) is 0 Å². The van der Waals surface area contributed by atoms with Gasteiger partial charge < -0.3 is 15.4 Å². The lowest BCUT2D eigenvalue weighted by Gasteiger charge is -2.06. The van der Waals surface area contributed by atoms with E-state index >= 15 is 0 Å². The van der Waals surface area contributed by atoms with Crippen molar-refractivity contribution in [3.8, 4) is 0 Å². The molecule has 0 aliphatic rings. The summed E-state index contributed by atoms with van der Waals surface area (Å²) in [4.78, 5) is 33.3. The highest BCUT2D eigenvalue weighted by molar-refractivity contribution is 5.82. The standard InChI is InChI=1S/C12H22N2O4/c1-3-4-8-13-11(16)7-9-14-10(15)5-6-12(17)18-2/h3-9H2,1-2H3,(H,13,16)(H,14,15). The summed E-state index contributed by atoms with van der Waals surface area (Å²) in [7, 11) is 1.28. The van der Waals surface area contributed by atoms with Gasteiger partial charge in [0.15, 0.2) is 0 Å². The number of carbonyl (C=O) groups excluding carboxylic acids is 3. The van der Waals surface area contributed by atoms with Crippen LogP contribution in [-0.4, -0.2) is 38.0 Å². The highest BCUT2D eigenvalue weighted by atomic mass is 16.5. The van der Waals surface area contributed by atoms with Crippen molar-refractivity contribution < 1.29 is 19.1 Å². The Balaban J connectivity index is 3.49. The van der Waals surface area contributed by atoms with E-state index in [-0.39, 0.29) is 37.6 Å². The monoisotopic (exact) mass is 258 g/mol. The Morgan fingerprint density at radius 3 is 2.17 bits per heavy atom. The summed E-state index contributed by atoms with van der Waals surface area (Å²) in [6, 6.07) is 0. The van der Waals surface area contributed by atoms with E-state index in [1.54, 1.807) is 0 Å². The van der Waals surface area contributed by atoms with Crippen molar-refractivity contribution in [2.45, 2.75) is 39.0 Å². The molecule has 0 fully saturated rings. The van der Waals surface area contributed by atoms with Gasteiger partial charge in [0.2, 0.25) is 11.8 Å². The molecule has 6 nitrogen and oxygen atoms in total. The molecular weight excluding hydrogens is 236 g/mol. The second-order valence-corrected chi connectivity index (χ2v) is 3.88. The zero-order valence-electron chi connectivity index (χ0n) is 11.1. The summed E-state index contributed by atoms with van der Waals surface area (Å²) in [5.41, 5.74) is 0. The fourth-order valence-electron chi connectivity index (χ4n) is 1.21. The van der Waals surface area contributed by atoms with E-state index in [9.17, 15) is 14.4 Å². The van der Waals surface area contributed by atoms with E-state index in [2.05, 4.69) is 15.4 Å². The quantitative estimate of drug-likeness (QED) is 0.462. The number of nitrogens with one attached hydrogen (secondary N) is 2. The second-order valence-electron chi connectivity index (χ2n) is 3.88. The highest BCUT2D eigenvalue weighted by Crippen LogP contribution is 1.91. The van der Waals surface area contributed by atoms with E-state index in [4.69, 9.17) is 0 Å². The van der Waals surface area contributed by atoms with E-state index in [1.165, 1.54) is 7.11 Å². The van der Waals surface area contributed by atoms with Crippen molar-refractivity contribution in [3.63, 3.8) is 0 Å². The zero-order chi connectivity index (χ0) is 13.8. The molecule has 18 heavy (non-hydrogen) atoms. The number of amides is 2. The first-order valence-corrected chi connectivity index (χ1v) is 6.20. The predicted octanol–water partition coefficient (Wildman–Crippen LogP) is 0.362. The van der Waals surface area contributed by atoms with Crippen LogP contribution in [0.1, 0.15) is 39.0 Å². The van der Waals surface area contributed by atoms with Crippen LogP contribution in [0.15, 0.2) is 0 Å². The van der Waals surface area contributed by atoms with Gasteiger partial charge in [0, 0.05) is 25.9 Å².